The number of hydrogen-bond donors (Lipinski definition) is 6. The van der Waals surface area contributed by atoms with Crippen molar-refractivity contribution < 1.29 is 14.4 Å². The third-order valence-electron chi connectivity index (χ3n) is 9.23. The largest absolute Gasteiger partial charge is 0.384 e. The van der Waals surface area contributed by atoms with Crippen molar-refractivity contribution in [1.29, 1.82) is 10.8 Å². The molecule has 44 heavy (non-hydrogen) atoms. The lowest BCUT2D eigenvalue weighted by Crippen LogP contribution is -2.55. The Labute approximate surface area is 260 Å². The molecule has 0 radical (unpaired) electrons. The Balaban J connectivity index is 1.61. The van der Waals surface area contributed by atoms with Gasteiger partial charge in [-0.25, -0.2) is 0 Å². The highest BCUT2D eigenvalue weighted by atomic mass is 16.2. The van der Waals surface area contributed by atoms with Gasteiger partial charge in [0, 0.05) is 23.6 Å². The Bertz CT molecular complexity index is 1330. The van der Waals surface area contributed by atoms with E-state index in [1.54, 1.807) is 18.2 Å². The van der Waals surface area contributed by atoms with Crippen molar-refractivity contribution in [3.63, 3.8) is 0 Å². The summed E-state index contributed by atoms with van der Waals surface area (Å²) in [5.41, 5.74) is 19.8. The predicted octanol–water partition coefficient (Wildman–Crippen LogP) is 3.57. The average Bonchev–Trinajstić information content (AvgIpc) is 3.02. The number of nitrogens with two attached hydrogens (primary N) is 3. The van der Waals surface area contributed by atoms with E-state index in [-0.39, 0.29) is 54.3 Å². The minimum absolute atomic E-state index is 0.000458. The van der Waals surface area contributed by atoms with Crippen molar-refractivity contribution in [3.8, 4) is 0 Å². The first kappa shape index (κ1) is 32.7. The highest BCUT2D eigenvalue weighted by Gasteiger charge is 2.38. The van der Waals surface area contributed by atoms with E-state index >= 15 is 0 Å². The Hall–Kier alpha value is -4.21. The van der Waals surface area contributed by atoms with Gasteiger partial charge in [-0.1, -0.05) is 81.0 Å². The third-order valence-corrected chi connectivity index (χ3v) is 9.23. The maximum Gasteiger partial charge on any atom is 0.246 e. The van der Waals surface area contributed by atoms with Gasteiger partial charge in [-0.3, -0.25) is 25.2 Å². The van der Waals surface area contributed by atoms with Crippen LogP contribution in [0.15, 0.2) is 48.5 Å². The van der Waals surface area contributed by atoms with E-state index in [2.05, 4.69) is 5.32 Å². The number of amidine groups is 2. The molecule has 2 fully saturated rings. The zero-order chi connectivity index (χ0) is 31.6. The van der Waals surface area contributed by atoms with Gasteiger partial charge >= 0.3 is 0 Å². The van der Waals surface area contributed by atoms with Gasteiger partial charge in [0.25, 0.3) is 0 Å². The fourth-order valence-corrected chi connectivity index (χ4v) is 6.85. The second-order valence-electron chi connectivity index (χ2n) is 12.5. The van der Waals surface area contributed by atoms with Gasteiger partial charge in [-0.15, -0.1) is 0 Å². The number of nitrogens with zero attached hydrogens (tertiary/aromatic N) is 1. The third kappa shape index (κ3) is 8.90. The zero-order valence-electron chi connectivity index (χ0n) is 25.5. The van der Waals surface area contributed by atoms with Crippen LogP contribution < -0.4 is 22.5 Å². The first-order chi connectivity index (χ1) is 21.1. The van der Waals surface area contributed by atoms with Crippen LogP contribution >= 0.6 is 0 Å². The van der Waals surface area contributed by atoms with Crippen LogP contribution in [0.1, 0.15) is 86.5 Å². The second-order valence-corrected chi connectivity index (χ2v) is 12.5. The smallest absolute Gasteiger partial charge is 0.246 e. The number of rotatable bonds is 13. The molecule has 236 valence electrons. The van der Waals surface area contributed by atoms with Gasteiger partial charge in [0.05, 0.1) is 6.54 Å². The number of amides is 3. The molecular formula is C34H47N7O3. The summed E-state index contributed by atoms with van der Waals surface area (Å²) in [6.07, 6.45) is 10.5. The first-order valence-electron chi connectivity index (χ1n) is 15.9. The molecule has 0 heterocycles. The Morgan fingerprint density at radius 3 is 1.93 bits per heavy atom. The van der Waals surface area contributed by atoms with Crippen molar-refractivity contribution in [2.75, 3.05) is 6.54 Å². The fourth-order valence-electron chi connectivity index (χ4n) is 6.85. The summed E-state index contributed by atoms with van der Waals surface area (Å²) < 4.78 is 0. The van der Waals surface area contributed by atoms with Crippen LogP contribution in [0.2, 0.25) is 0 Å². The van der Waals surface area contributed by atoms with Crippen molar-refractivity contribution in [2.24, 2.45) is 35.0 Å². The molecule has 0 aliphatic heterocycles. The molecule has 2 aliphatic rings. The molecule has 0 spiro atoms. The summed E-state index contributed by atoms with van der Waals surface area (Å²) in [6.45, 7) is -0.173. The van der Waals surface area contributed by atoms with Gasteiger partial charge in [-0.2, -0.15) is 0 Å². The maximum atomic E-state index is 14.3. The number of nitrogens with one attached hydrogen (secondary N) is 3. The Morgan fingerprint density at radius 2 is 1.36 bits per heavy atom. The lowest BCUT2D eigenvalue weighted by Gasteiger charge is -2.36. The maximum absolute atomic E-state index is 14.3. The standard InChI is InChI=1S/C34H47N7O3/c35-29(42)21-41(20-23-8-7-13-27(18-23)32(38)39)34(44)30(25-11-5-2-6-12-25)40-33(43)28(24-9-3-1-4-10-24)19-22-14-16-26(17-15-22)31(36)37/h7-8,13-18,24-25,28,30H,1-6,9-12,19-21H2,(H2,35,42)(H3,36,37)(H3,38,39)(H,40,43)/t28?,30-/m0/s1. The fraction of sp³-hybridized carbons (Fsp3) is 0.500. The molecule has 9 N–H and O–H groups in total. The van der Waals surface area contributed by atoms with E-state index in [1.165, 1.54) is 4.90 Å². The number of carbonyl (C=O) groups is 3. The normalized spacial score (nSPS) is 17.3. The molecule has 4 rings (SSSR count). The molecule has 2 saturated carbocycles. The summed E-state index contributed by atoms with van der Waals surface area (Å²) in [5, 5.41) is 18.7. The van der Waals surface area contributed by atoms with E-state index in [0.717, 1.165) is 75.3 Å². The number of hydrogen-bond acceptors (Lipinski definition) is 5. The molecule has 3 amide bonds. The minimum Gasteiger partial charge on any atom is -0.384 e. The van der Waals surface area contributed by atoms with Crippen molar-refractivity contribution in [1.82, 2.24) is 10.2 Å². The average molecular weight is 602 g/mol. The van der Waals surface area contributed by atoms with E-state index in [1.807, 2.05) is 30.3 Å². The highest BCUT2D eigenvalue weighted by Crippen LogP contribution is 2.34. The molecule has 10 nitrogen and oxygen atoms in total. The molecule has 1 unspecified atom stereocenters. The zero-order valence-corrected chi connectivity index (χ0v) is 25.5. The molecule has 2 aromatic rings. The number of nitrogen functional groups attached to an aromatic ring is 2. The lowest BCUT2D eigenvalue weighted by molar-refractivity contribution is -0.142. The SMILES string of the molecule is N=C(N)c1ccc(CC(C(=O)N[C@H](C(=O)N(CC(N)=O)Cc2cccc(C(=N)N)c2)C2CCCCC2)C2CCCCC2)cc1. The number of carbonyl (C=O) groups excluding carboxylic acids is 3. The molecule has 2 aliphatic carbocycles. The first-order valence-corrected chi connectivity index (χ1v) is 15.9. The van der Waals surface area contributed by atoms with Crippen molar-refractivity contribution in [2.45, 2.75) is 83.2 Å². The molecule has 10 heteroatoms. The second kappa shape index (κ2) is 15.5. The molecule has 0 aromatic heterocycles. The van der Waals surface area contributed by atoms with Gasteiger partial charge in [0.1, 0.15) is 17.7 Å². The van der Waals surface area contributed by atoms with Crippen LogP contribution in [0.5, 0.6) is 0 Å². The number of primary amides is 1. The van der Waals surface area contributed by atoms with E-state index < -0.39 is 11.9 Å². The quantitative estimate of drug-likeness (QED) is 0.151. The van der Waals surface area contributed by atoms with E-state index in [0.29, 0.717) is 17.5 Å². The summed E-state index contributed by atoms with van der Waals surface area (Å²) in [6, 6.07) is 13.7. The van der Waals surface area contributed by atoms with Crippen molar-refractivity contribution >= 4 is 29.4 Å². The highest BCUT2D eigenvalue weighted by molar-refractivity contribution is 5.95. The van der Waals surface area contributed by atoms with E-state index in [4.69, 9.17) is 28.0 Å². The predicted molar refractivity (Wildman–Crippen MR) is 172 cm³/mol. The van der Waals surface area contributed by atoms with Crippen LogP contribution in [0.25, 0.3) is 0 Å². The van der Waals surface area contributed by atoms with Crippen LogP contribution in [0.3, 0.4) is 0 Å². The van der Waals surface area contributed by atoms with Gasteiger partial charge in [-0.05, 0) is 61.1 Å². The molecule has 0 saturated heterocycles. The van der Waals surface area contributed by atoms with Gasteiger partial charge in [0.2, 0.25) is 17.7 Å². The van der Waals surface area contributed by atoms with Gasteiger partial charge < -0.3 is 27.4 Å². The summed E-state index contributed by atoms with van der Waals surface area (Å²) in [5.74, 6) is -1.31. The minimum atomic E-state index is -0.774. The Morgan fingerprint density at radius 1 is 0.773 bits per heavy atom. The van der Waals surface area contributed by atoms with Crippen LogP contribution in [0.4, 0.5) is 0 Å². The van der Waals surface area contributed by atoms with Crippen LogP contribution in [-0.4, -0.2) is 46.9 Å². The number of benzene rings is 2. The molecule has 2 aromatic carbocycles. The topological polar surface area (TPSA) is 192 Å². The molecular weight excluding hydrogens is 554 g/mol. The Kier molecular flexibility index (Phi) is 11.5. The van der Waals surface area contributed by atoms with Crippen LogP contribution in [0, 0.1) is 28.6 Å². The molecule has 0 bridgehead atoms. The summed E-state index contributed by atoms with van der Waals surface area (Å²) >= 11 is 0. The van der Waals surface area contributed by atoms with Crippen LogP contribution in [-0.2, 0) is 27.3 Å². The molecule has 2 atom stereocenters. The summed E-state index contributed by atoms with van der Waals surface area (Å²) in [7, 11) is 0. The van der Waals surface area contributed by atoms with Crippen molar-refractivity contribution in [3.05, 3.63) is 70.8 Å². The lowest BCUT2D eigenvalue weighted by atomic mass is 9.76. The van der Waals surface area contributed by atoms with E-state index in [9.17, 15) is 14.4 Å². The van der Waals surface area contributed by atoms with Gasteiger partial charge in [0.15, 0.2) is 0 Å². The summed E-state index contributed by atoms with van der Waals surface area (Å²) in [4.78, 5) is 42.1. The monoisotopic (exact) mass is 601 g/mol.